The zero-order chi connectivity index (χ0) is 25.9. The molecule has 0 bridgehead atoms. The molecule has 0 radical (unpaired) electrons. The summed E-state index contributed by atoms with van der Waals surface area (Å²) in [6, 6.07) is 18.4. The number of non-ortho nitro benzene ring substituents is 1. The van der Waals surface area contributed by atoms with Gasteiger partial charge in [-0.2, -0.15) is 0 Å². The number of carbonyl (C=O) groups is 2. The zero-order valence-corrected chi connectivity index (χ0v) is 21.6. The van der Waals surface area contributed by atoms with E-state index in [-0.39, 0.29) is 29.6 Å². The molecule has 8 nitrogen and oxygen atoms in total. The Morgan fingerprint density at radius 2 is 1.78 bits per heavy atom. The van der Waals surface area contributed by atoms with E-state index in [4.69, 9.17) is 0 Å². The number of rotatable bonds is 6. The number of piperazine rings is 1. The molecule has 0 N–H and O–H groups in total. The summed E-state index contributed by atoms with van der Waals surface area (Å²) in [6.45, 7) is 4.96. The average molecular weight is 519 g/mol. The number of hydrogen-bond acceptors (Lipinski definition) is 6. The van der Waals surface area contributed by atoms with Gasteiger partial charge in [-0.1, -0.05) is 30.3 Å². The maximum Gasteiger partial charge on any atom is 0.269 e. The molecule has 1 saturated heterocycles. The number of nitro benzene ring substituents is 1. The van der Waals surface area contributed by atoms with Crippen LogP contribution in [0.3, 0.4) is 0 Å². The van der Waals surface area contributed by atoms with Crippen molar-refractivity contribution in [2.45, 2.75) is 31.8 Å². The minimum atomic E-state index is -0.480. The summed E-state index contributed by atoms with van der Waals surface area (Å²) in [6.07, 6.45) is 1.44. The topological polar surface area (TPSA) is 87.0 Å². The predicted octanol–water partition coefficient (Wildman–Crippen LogP) is 4.37. The SMILES string of the molecule is CC1CN(C(=O)CCN2CCc3sccc3C2c2ccccc2)CCN1C(=O)c1ccc([N+](=O)[O-])cc1. The standard InChI is InChI=1S/C28H30N4O4S/c1-20-19-30(16-17-31(20)28(34)22-7-9-23(10-8-22)32(35)36)26(33)12-15-29-14-11-25-24(13-18-37-25)27(29)21-5-3-2-4-6-21/h2-10,13,18,20,27H,11-12,14-17,19H2,1H3. The molecule has 9 heteroatoms. The van der Waals surface area contributed by atoms with Crippen molar-refractivity contribution in [2.24, 2.45) is 0 Å². The summed E-state index contributed by atoms with van der Waals surface area (Å²) in [5.74, 6) is -0.0581. The Hall–Kier alpha value is -3.56. The maximum atomic E-state index is 13.2. The van der Waals surface area contributed by atoms with E-state index < -0.39 is 4.92 Å². The first-order valence-corrected chi connectivity index (χ1v) is 13.5. The Kier molecular flexibility index (Phi) is 7.34. The van der Waals surface area contributed by atoms with Crippen LogP contribution < -0.4 is 0 Å². The molecule has 3 aromatic rings. The first-order valence-electron chi connectivity index (χ1n) is 12.6. The summed E-state index contributed by atoms with van der Waals surface area (Å²) in [5.41, 5.74) is 2.98. The number of carbonyl (C=O) groups excluding carboxylic acids is 2. The molecule has 0 aliphatic carbocycles. The van der Waals surface area contributed by atoms with Crippen molar-refractivity contribution in [1.82, 2.24) is 14.7 Å². The number of amides is 2. The second-order valence-electron chi connectivity index (χ2n) is 9.64. The molecule has 1 aromatic heterocycles. The summed E-state index contributed by atoms with van der Waals surface area (Å²) < 4.78 is 0. The molecule has 2 aliphatic rings. The minimum Gasteiger partial charge on any atom is -0.339 e. The third kappa shape index (κ3) is 5.28. The number of thiophene rings is 1. The van der Waals surface area contributed by atoms with Crippen molar-refractivity contribution in [3.63, 3.8) is 0 Å². The van der Waals surface area contributed by atoms with Gasteiger partial charge in [-0.05, 0) is 48.1 Å². The van der Waals surface area contributed by atoms with Gasteiger partial charge in [-0.25, -0.2) is 0 Å². The molecule has 0 saturated carbocycles. The van der Waals surface area contributed by atoms with E-state index in [9.17, 15) is 19.7 Å². The summed E-state index contributed by atoms with van der Waals surface area (Å²) >= 11 is 1.81. The predicted molar refractivity (Wildman–Crippen MR) is 143 cm³/mol. The van der Waals surface area contributed by atoms with Crippen LogP contribution in [-0.4, -0.2) is 70.2 Å². The number of nitrogens with zero attached hydrogens (tertiary/aromatic N) is 4. The quantitative estimate of drug-likeness (QED) is 0.357. The molecule has 37 heavy (non-hydrogen) atoms. The Labute approximate surface area is 220 Å². The van der Waals surface area contributed by atoms with E-state index in [1.807, 2.05) is 29.2 Å². The fraction of sp³-hybridized carbons (Fsp3) is 0.357. The van der Waals surface area contributed by atoms with Gasteiger partial charge in [-0.3, -0.25) is 24.6 Å². The van der Waals surface area contributed by atoms with Crippen LogP contribution in [0, 0.1) is 10.1 Å². The van der Waals surface area contributed by atoms with Gasteiger partial charge in [0, 0.05) is 67.8 Å². The van der Waals surface area contributed by atoms with Gasteiger partial charge in [0.2, 0.25) is 5.91 Å². The van der Waals surface area contributed by atoms with Gasteiger partial charge in [0.15, 0.2) is 0 Å². The summed E-state index contributed by atoms with van der Waals surface area (Å²) in [7, 11) is 0. The Balaban J connectivity index is 1.19. The van der Waals surface area contributed by atoms with Crippen LogP contribution in [0.1, 0.15) is 45.7 Å². The normalized spacial score (nSPS) is 19.9. The molecule has 2 amide bonds. The van der Waals surface area contributed by atoms with Gasteiger partial charge in [0.05, 0.1) is 11.0 Å². The third-order valence-corrected chi connectivity index (χ3v) is 8.36. The van der Waals surface area contributed by atoms with E-state index in [1.165, 1.54) is 40.3 Å². The molecule has 3 heterocycles. The highest BCUT2D eigenvalue weighted by molar-refractivity contribution is 7.10. The van der Waals surface area contributed by atoms with Crippen molar-refractivity contribution in [3.05, 3.63) is 97.7 Å². The van der Waals surface area contributed by atoms with Crippen LogP contribution >= 0.6 is 11.3 Å². The molecule has 1 fully saturated rings. The van der Waals surface area contributed by atoms with E-state index in [1.54, 1.807) is 4.90 Å². The zero-order valence-electron chi connectivity index (χ0n) is 20.8. The molecule has 2 unspecified atom stereocenters. The first-order chi connectivity index (χ1) is 17.9. The van der Waals surface area contributed by atoms with E-state index in [0.717, 1.165) is 13.0 Å². The van der Waals surface area contributed by atoms with Crippen LogP contribution in [0.4, 0.5) is 5.69 Å². The molecule has 2 atom stereocenters. The highest BCUT2D eigenvalue weighted by atomic mass is 32.1. The minimum absolute atomic E-state index is 0.0431. The van der Waals surface area contributed by atoms with Crippen LogP contribution in [-0.2, 0) is 11.2 Å². The Bertz CT molecular complexity index is 1280. The van der Waals surface area contributed by atoms with Gasteiger partial charge in [0.25, 0.3) is 11.6 Å². The Morgan fingerprint density at radius 3 is 2.49 bits per heavy atom. The number of hydrogen-bond donors (Lipinski definition) is 0. The lowest BCUT2D eigenvalue weighted by Crippen LogP contribution is -2.55. The molecular weight excluding hydrogens is 488 g/mol. The lowest BCUT2D eigenvalue weighted by molar-refractivity contribution is -0.384. The van der Waals surface area contributed by atoms with Crippen LogP contribution in [0.15, 0.2) is 66.0 Å². The summed E-state index contributed by atoms with van der Waals surface area (Å²) in [4.78, 5) is 44.1. The number of fused-ring (bicyclic) bond motifs is 1. The van der Waals surface area contributed by atoms with Gasteiger partial charge in [0.1, 0.15) is 0 Å². The molecule has 0 spiro atoms. The lowest BCUT2D eigenvalue weighted by Gasteiger charge is -2.40. The lowest BCUT2D eigenvalue weighted by atomic mass is 9.93. The second kappa shape index (κ2) is 10.8. The highest BCUT2D eigenvalue weighted by Gasteiger charge is 2.33. The number of benzene rings is 2. The van der Waals surface area contributed by atoms with Crippen molar-refractivity contribution >= 4 is 28.8 Å². The van der Waals surface area contributed by atoms with Gasteiger partial charge >= 0.3 is 0 Å². The molecular formula is C28H30N4O4S. The molecule has 5 rings (SSSR count). The largest absolute Gasteiger partial charge is 0.339 e. The van der Waals surface area contributed by atoms with Crippen molar-refractivity contribution in [2.75, 3.05) is 32.7 Å². The van der Waals surface area contributed by atoms with Gasteiger partial charge in [-0.15, -0.1) is 11.3 Å². The molecule has 192 valence electrons. The fourth-order valence-corrected chi connectivity index (χ4v) is 6.31. The van der Waals surface area contributed by atoms with Crippen LogP contribution in [0.5, 0.6) is 0 Å². The Morgan fingerprint density at radius 1 is 1.03 bits per heavy atom. The van der Waals surface area contributed by atoms with E-state index in [0.29, 0.717) is 38.2 Å². The number of nitro groups is 1. The van der Waals surface area contributed by atoms with Crippen LogP contribution in [0.25, 0.3) is 0 Å². The van der Waals surface area contributed by atoms with Crippen molar-refractivity contribution in [3.8, 4) is 0 Å². The van der Waals surface area contributed by atoms with E-state index >= 15 is 0 Å². The van der Waals surface area contributed by atoms with Crippen molar-refractivity contribution in [1.29, 1.82) is 0 Å². The monoisotopic (exact) mass is 518 g/mol. The van der Waals surface area contributed by atoms with Crippen molar-refractivity contribution < 1.29 is 14.5 Å². The van der Waals surface area contributed by atoms with Crippen LogP contribution in [0.2, 0.25) is 0 Å². The third-order valence-electron chi connectivity index (χ3n) is 7.36. The first kappa shape index (κ1) is 25.1. The molecule has 2 aromatic carbocycles. The highest BCUT2D eigenvalue weighted by Crippen LogP contribution is 2.37. The maximum absolute atomic E-state index is 13.2. The summed E-state index contributed by atoms with van der Waals surface area (Å²) in [5, 5.41) is 13.1. The fourth-order valence-electron chi connectivity index (χ4n) is 5.41. The van der Waals surface area contributed by atoms with Gasteiger partial charge < -0.3 is 9.80 Å². The average Bonchev–Trinajstić information content (AvgIpc) is 3.40. The molecule has 2 aliphatic heterocycles. The van der Waals surface area contributed by atoms with E-state index in [2.05, 4.69) is 40.6 Å². The smallest absolute Gasteiger partial charge is 0.269 e. The second-order valence-corrected chi connectivity index (χ2v) is 10.6.